The minimum Gasteiger partial charge on any atom is -0.353 e. The first-order chi connectivity index (χ1) is 15.9. The smallest absolute Gasteiger partial charge is 0.272 e. The van der Waals surface area contributed by atoms with Gasteiger partial charge in [-0.05, 0) is 32.0 Å². The van der Waals surface area contributed by atoms with Gasteiger partial charge in [-0.2, -0.15) is 5.10 Å². The van der Waals surface area contributed by atoms with Gasteiger partial charge in [0.05, 0.1) is 6.54 Å². The van der Waals surface area contributed by atoms with Gasteiger partial charge in [-0.15, -0.1) is 0 Å². The van der Waals surface area contributed by atoms with E-state index in [0.29, 0.717) is 31.9 Å². The summed E-state index contributed by atoms with van der Waals surface area (Å²) in [5.74, 6) is -0.863. The Morgan fingerprint density at radius 2 is 1.82 bits per heavy atom. The second-order valence-corrected chi connectivity index (χ2v) is 8.26. The fourth-order valence-electron chi connectivity index (χ4n) is 3.82. The molecular formula is C24H34N6O3. The number of hydrogen-bond donors (Lipinski definition) is 2. The second-order valence-electron chi connectivity index (χ2n) is 8.26. The number of carbonyl (C=O) groups excluding carboxylic acids is 3. The highest BCUT2D eigenvalue weighted by Crippen LogP contribution is 2.17. The highest BCUT2D eigenvalue weighted by Gasteiger charge is 2.26. The number of hydrogen-bond acceptors (Lipinski definition) is 5. The van der Waals surface area contributed by atoms with E-state index in [4.69, 9.17) is 0 Å². The topological polar surface area (TPSA) is 99.6 Å². The molecule has 2 N–H and O–H groups in total. The lowest BCUT2D eigenvalue weighted by atomic mass is 10.1. The summed E-state index contributed by atoms with van der Waals surface area (Å²) in [5.41, 5.74) is 2.78. The van der Waals surface area contributed by atoms with Crippen LogP contribution in [0.3, 0.4) is 0 Å². The average Bonchev–Trinajstić information content (AvgIpc) is 3.19. The van der Waals surface area contributed by atoms with Gasteiger partial charge in [0, 0.05) is 38.8 Å². The summed E-state index contributed by atoms with van der Waals surface area (Å²) in [5, 5.41) is 9.72. The maximum atomic E-state index is 13.1. The van der Waals surface area contributed by atoms with E-state index < -0.39 is 5.91 Å². The lowest BCUT2D eigenvalue weighted by molar-refractivity contribution is -0.120. The van der Waals surface area contributed by atoms with Crippen LogP contribution in [0, 0.1) is 6.92 Å². The SMILES string of the molecule is CCN(CC)CCNC(=O)CNC(=O)c1cc2n(n1)CCCN(Cc1ccc(C)cc1)C2=O. The van der Waals surface area contributed by atoms with E-state index in [-0.39, 0.29) is 24.1 Å². The maximum absolute atomic E-state index is 13.1. The molecule has 0 saturated heterocycles. The standard InChI is InChI=1S/C24H34N6O3/c1-4-28(5-2)14-11-25-22(31)16-26-23(32)20-15-21-24(33)29(12-6-13-30(21)27-20)17-19-9-7-18(3)8-10-19/h7-10,15H,4-6,11-14,16-17H2,1-3H3,(H,25,31)(H,26,32). The van der Waals surface area contributed by atoms with Crippen molar-refractivity contribution in [3.63, 3.8) is 0 Å². The molecule has 0 aliphatic carbocycles. The predicted octanol–water partition coefficient (Wildman–Crippen LogP) is 1.43. The number of benzene rings is 1. The van der Waals surface area contributed by atoms with E-state index in [1.54, 1.807) is 9.58 Å². The summed E-state index contributed by atoms with van der Waals surface area (Å²) in [7, 11) is 0. The van der Waals surface area contributed by atoms with Crippen LogP contribution in [-0.2, 0) is 17.9 Å². The maximum Gasteiger partial charge on any atom is 0.272 e. The molecule has 0 fully saturated rings. The van der Waals surface area contributed by atoms with Crippen LogP contribution in [0.25, 0.3) is 0 Å². The molecule has 0 unspecified atom stereocenters. The van der Waals surface area contributed by atoms with E-state index in [1.165, 1.54) is 11.6 Å². The highest BCUT2D eigenvalue weighted by atomic mass is 16.2. The number of likely N-dealkylation sites (N-methyl/N-ethyl adjacent to an activating group) is 1. The largest absolute Gasteiger partial charge is 0.353 e. The van der Waals surface area contributed by atoms with Crippen molar-refractivity contribution in [3.8, 4) is 0 Å². The number of nitrogens with zero attached hydrogens (tertiary/aromatic N) is 4. The zero-order valence-electron chi connectivity index (χ0n) is 19.8. The molecule has 9 nitrogen and oxygen atoms in total. The summed E-state index contributed by atoms with van der Waals surface area (Å²) in [4.78, 5) is 41.7. The first-order valence-electron chi connectivity index (χ1n) is 11.6. The Morgan fingerprint density at radius 1 is 1.09 bits per heavy atom. The molecular weight excluding hydrogens is 420 g/mol. The summed E-state index contributed by atoms with van der Waals surface area (Å²) < 4.78 is 1.59. The van der Waals surface area contributed by atoms with Gasteiger partial charge < -0.3 is 20.4 Å². The third-order valence-corrected chi connectivity index (χ3v) is 5.87. The molecule has 3 amide bonds. The van der Waals surface area contributed by atoms with Crippen molar-refractivity contribution in [1.29, 1.82) is 0 Å². The van der Waals surface area contributed by atoms with Crippen molar-refractivity contribution in [2.24, 2.45) is 0 Å². The number of nitrogens with one attached hydrogen (secondary N) is 2. The monoisotopic (exact) mass is 454 g/mol. The summed E-state index contributed by atoms with van der Waals surface area (Å²) >= 11 is 0. The zero-order chi connectivity index (χ0) is 23.8. The third kappa shape index (κ3) is 6.64. The van der Waals surface area contributed by atoms with Crippen LogP contribution < -0.4 is 10.6 Å². The van der Waals surface area contributed by atoms with Crippen LogP contribution in [0.5, 0.6) is 0 Å². The number of carbonyl (C=O) groups is 3. The van der Waals surface area contributed by atoms with Gasteiger partial charge in [-0.25, -0.2) is 0 Å². The van der Waals surface area contributed by atoms with Gasteiger partial charge in [0.15, 0.2) is 5.69 Å². The molecule has 2 aromatic rings. The van der Waals surface area contributed by atoms with Gasteiger partial charge >= 0.3 is 0 Å². The second kappa shape index (κ2) is 11.6. The lowest BCUT2D eigenvalue weighted by Crippen LogP contribution is -2.40. The van der Waals surface area contributed by atoms with E-state index in [9.17, 15) is 14.4 Å². The van der Waals surface area contributed by atoms with Gasteiger partial charge in [0.2, 0.25) is 5.91 Å². The van der Waals surface area contributed by atoms with E-state index in [0.717, 1.165) is 31.6 Å². The molecule has 1 aliphatic heterocycles. The fourth-order valence-corrected chi connectivity index (χ4v) is 3.82. The van der Waals surface area contributed by atoms with Crippen molar-refractivity contribution < 1.29 is 14.4 Å². The molecule has 1 aromatic heterocycles. The zero-order valence-corrected chi connectivity index (χ0v) is 19.8. The summed E-state index contributed by atoms with van der Waals surface area (Å²) in [6.07, 6.45) is 0.752. The van der Waals surface area contributed by atoms with Gasteiger partial charge in [-0.3, -0.25) is 19.1 Å². The predicted molar refractivity (Wildman–Crippen MR) is 126 cm³/mol. The molecule has 2 heterocycles. The van der Waals surface area contributed by atoms with Crippen LogP contribution in [0.1, 0.15) is 52.4 Å². The van der Waals surface area contributed by atoms with Crippen molar-refractivity contribution in [2.45, 2.75) is 40.3 Å². The van der Waals surface area contributed by atoms with E-state index in [2.05, 4.69) is 34.5 Å². The summed E-state index contributed by atoms with van der Waals surface area (Å²) in [6, 6.07) is 9.63. The number of amides is 3. The van der Waals surface area contributed by atoms with Crippen LogP contribution in [0.4, 0.5) is 0 Å². The number of rotatable bonds is 10. The first-order valence-corrected chi connectivity index (χ1v) is 11.6. The number of aromatic nitrogens is 2. The molecule has 0 saturated carbocycles. The Morgan fingerprint density at radius 3 is 2.52 bits per heavy atom. The Balaban J connectivity index is 1.55. The molecule has 0 radical (unpaired) electrons. The van der Waals surface area contributed by atoms with Gasteiger partial charge in [0.1, 0.15) is 5.69 Å². The Labute approximate surface area is 195 Å². The van der Waals surface area contributed by atoms with E-state index in [1.807, 2.05) is 31.2 Å². The lowest BCUT2D eigenvalue weighted by Gasteiger charge is -2.20. The quantitative estimate of drug-likeness (QED) is 0.566. The van der Waals surface area contributed by atoms with Crippen LogP contribution in [0.15, 0.2) is 30.3 Å². The van der Waals surface area contributed by atoms with Crippen molar-refractivity contribution in [3.05, 3.63) is 52.8 Å². The van der Waals surface area contributed by atoms with Crippen LogP contribution in [-0.4, -0.2) is 76.6 Å². The van der Waals surface area contributed by atoms with Crippen LogP contribution >= 0.6 is 0 Å². The molecule has 1 aliphatic rings. The van der Waals surface area contributed by atoms with Gasteiger partial charge in [0.25, 0.3) is 11.8 Å². The highest BCUT2D eigenvalue weighted by molar-refractivity contribution is 5.99. The minimum atomic E-state index is -0.465. The molecule has 9 heteroatoms. The fraction of sp³-hybridized carbons (Fsp3) is 0.500. The van der Waals surface area contributed by atoms with Crippen molar-refractivity contribution in [2.75, 3.05) is 39.3 Å². The normalized spacial score (nSPS) is 13.6. The number of fused-ring (bicyclic) bond motifs is 1. The van der Waals surface area contributed by atoms with Crippen LogP contribution in [0.2, 0.25) is 0 Å². The minimum absolute atomic E-state index is 0.132. The average molecular weight is 455 g/mol. The Hall–Kier alpha value is -3.20. The Kier molecular flexibility index (Phi) is 8.59. The first kappa shape index (κ1) is 24.4. The molecule has 1 aromatic carbocycles. The third-order valence-electron chi connectivity index (χ3n) is 5.87. The van der Waals surface area contributed by atoms with Crippen molar-refractivity contribution in [1.82, 2.24) is 30.2 Å². The summed E-state index contributed by atoms with van der Waals surface area (Å²) in [6.45, 7) is 10.9. The van der Waals surface area contributed by atoms with Crippen molar-refractivity contribution >= 4 is 17.7 Å². The molecule has 0 spiro atoms. The molecule has 0 atom stereocenters. The molecule has 178 valence electrons. The molecule has 0 bridgehead atoms. The molecule has 33 heavy (non-hydrogen) atoms. The van der Waals surface area contributed by atoms with E-state index >= 15 is 0 Å². The number of aryl methyl sites for hydroxylation is 2. The molecule has 3 rings (SSSR count). The van der Waals surface area contributed by atoms with Gasteiger partial charge in [-0.1, -0.05) is 43.7 Å². The Bertz CT molecular complexity index is 965.